The Kier molecular flexibility index (Phi) is 3.09. The Hall–Kier alpha value is -1.03. The molecule has 1 aromatic rings. The van der Waals surface area contributed by atoms with Gasteiger partial charge in [0.25, 0.3) is 0 Å². The molecule has 0 radical (unpaired) electrons. The summed E-state index contributed by atoms with van der Waals surface area (Å²) in [7, 11) is 0. The van der Waals surface area contributed by atoms with E-state index in [2.05, 4.69) is 0 Å². The minimum absolute atomic E-state index is 0.211. The average Bonchev–Trinajstić information content (AvgIpc) is 1.99. The summed E-state index contributed by atoms with van der Waals surface area (Å²) in [4.78, 5) is 0. The van der Waals surface area contributed by atoms with Crippen LogP contribution in [0, 0.1) is 0 Å². The van der Waals surface area contributed by atoms with E-state index in [1.54, 1.807) is 19.9 Å². The number of hydrogen-bond acceptors (Lipinski definition) is 1. The van der Waals surface area contributed by atoms with Gasteiger partial charge in [-0.3, -0.25) is 0 Å². The summed E-state index contributed by atoms with van der Waals surface area (Å²) in [5, 5.41) is 0. The van der Waals surface area contributed by atoms with Crippen molar-refractivity contribution in [2.45, 2.75) is 32.0 Å². The van der Waals surface area contributed by atoms with Gasteiger partial charge in [-0.15, -0.1) is 0 Å². The van der Waals surface area contributed by atoms with Crippen LogP contribution in [0.25, 0.3) is 0 Å². The molecular formula is C11H14F3N. The fourth-order valence-electron chi connectivity index (χ4n) is 1.44. The number of rotatable bonds is 2. The molecule has 0 aliphatic heterocycles. The van der Waals surface area contributed by atoms with Crippen molar-refractivity contribution in [2.75, 3.05) is 0 Å². The lowest BCUT2D eigenvalue weighted by molar-refractivity contribution is -0.138. The molecule has 0 saturated carbocycles. The quantitative estimate of drug-likeness (QED) is 0.809. The first-order valence-electron chi connectivity index (χ1n) is 4.64. The average molecular weight is 217 g/mol. The molecule has 0 aliphatic rings. The van der Waals surface area contributed by atoms with Gasteiger partial charge in [-0.2, -0.15) is 13.2 Å². The van der Waals surface area contributed by atoms with E-state index >= 15 is 0 Å². The van der Waals surface area contributed by atoms with Crippen molar-refractivity contribution in [3.63, 3.8) is 0 Å². The van der Waals surface area contributed by atoms with Crippen LogP contribution in [-0.4, -0.2) is 5.54 Å². The fourth-order valence-corrected chi connectivity index (χ4v) is 1.44. The molecule has 1 rings (SSSR count). The van der Waals surface area contributed by atoms with Gasteiger partial charge in [0.2, 0.25) is 0 Å². The highest BCUT2D eigenvalue weighted by molar-refractivity contribution is 5.30. The molecule has 0 bridgehead atoms. The lowest BCUT2D eigenvalue weighted by Gasteiger charge is -2.21. The van der Waals surface area contributed by atoms with E-state index in [9.17, 15) is 13.2 Å². The molecule has 0 spiro atoms. The molecule has 4 heteroatoms. The smallest absolute Gasteiger partial charge is 0.325 e. The summed E-state index contributed by atoms with van der Waals surface area (Å²) in [5.74, 6) is 0. The van der Waals surface area contributed by atoms with E-state index in [1.807, 2.05) is 0 Å². The molecule has 0 saturated heterocycles. The van der Waals surface area contributed by atoms with Crippen molar-refractivity contribution in [1.82, 2.24) is 0 Å². The van der Waals surface area contributed by atoms with Gasteiger partial charge in [0.05, 0.1) is 5.56 Å². The fraction of sp³-hybridized carbons (Fsp3) is 0.455. The Morgan fingerprint density at radius 2 is 1.67 bits per heavy atom. The second-order valence-corrected chi connectivity index (χ2v) is 4.32. The molecule has 84 valence electrons. The van der Waals surface area contributed by atoms with E-state index in [0.717, 1.165) is 6.07 Å². The second kappa shape index (κ2) is 3.85. The van der Waals surface area contributed by atoms with E-state index < -0.39 is 17.3 Å². The SMILES string of the molecule is CC(C)(N)Cc1ccccc1C(F)(F)F. The molecule has 1 nitrogen and oxygen atoms in total. The molecule has 1 aromatic carbocycles. The molecule has 0 aliphatic carbocycles. The topological polar surface area (TPSA) is 26.0 Å². The highest BCUT2D eigenvalue weighted by atomic mass is 19.4. The molecule has 0 amide bonds. The number of halogens is 3. The molecular weight excluding hydrogens is 203 g/mol. The lowest BCUT2D eigenvalue weighted by Crippen LogP contribution is -2.35. The first-order valence-corrected chi connectivity index (χ1v) is 4.64. The van der Waals surface area contributed by atoms with Crippen LogP contribution >= 0.6 is 0 Å². The van der Waals surface area contributed by atoms with Crippen molar-refractivity contribution in [3.05, 3.63) is 35.4 Å². The minimum Gasteiger partial charge on any atom is -0.325 e. The predicted molar refractivity (Wildman–Crippen MR) is 53.4 cm³/mol. The van der Waals surface area contributed by atoms with Crippen LogP contribution in [0.4, 0.5) is 13.2 Å². The van der Waals surface area contributed by atoms with Gasteiger partial charge >= 0.3 is 6.18 Å². The summed E-state index contributed by atoms with van der Waals surface area (Å²) in [6.45, 7) is 3.42. The van der Waals surface area contributed by atoms with Crippen molar-refractivity contribution in [1.29, 1.82) is 0 Å². The van der Waals surface area contributed by atoms with Crippen molar-refractivity contribution in [3.8, 4) is 0 Å². The zero-order chi connectivity index (χ0) is 11.7. The number of hydrogen-bond donors (Lipinski definition) is 1. The summed E-state index contributed by atoms with van der Waals surface area (Å²) in [6, 6.07) is 5.53. The minimum atomic E-state index is -4.30. The summed E-state index contributed by atoms with van der Waals surface area (Å²) in [6.07, 6.45) is -4.09. The predicted octanol–water partition coefficient (Wildman–Crippen LogP) is 2.99. The Morgan fingerprint density at radius 1 is 1.13 bits per heavy atom. The van der Waals surface area contributed by atoms with Crippen LogP contribution in [0.5, 0.6) is 0 Å². The molecule has 0 atom stereocenters. The highest BCUT2D eigenvalue weighted by Crippen LogP contribution is 2.32. The van der Waals surface area contributed by atoms with Crippen LogP contribution < -0.4 is 5.73 Å². The molecule has 0 unspecified atom stereocenters. The number of alkyl halides is 3. The van der Waals surface area contributed by atoms with Crippen molar-refractivity contribution in [2.24, 2.45) is 5.73 Å². The number of benzene rings is 1. The van der Waals surface area contributed by atoms with Gasteiger partial charge in [0.15, 0.2) is 0 Å². The molecule has 2 N–H and O–H groups in total. The Bertz CT molecular complexity index is 336. The number of nitrogens with two attached hydrogens (primary N) is 1. The van der Waals surface area contributed by atoms with E-state index in [1.165, 1.54) is 12.1 Å². The first kappa shape index (κ1) is 12.0. The zero-order valence-corrected chi connectivity index (χ0v) is 8.73. The van der Waals surface area contributed by atoms with Gasteiger partial charge in [-0.05, 0) is 31.9 Å². The second-order valence-electron chi connectivity index (χ2n) is 4.32. The largest absolute Gasteiger partial charge is 0.416 e. The summed E-state index contributed by atoms with van der Waals surface area (Å²) in [5.41, 5.74) is 4.73. The highest BCUT2D eigenvalue weighted by Gasteiger charge is 2.33. The molecule has 0 fully saturated rings. The standard InChI is InChI=1S/C11H14F3N/c1-10(2,15)7-8-5-3-4-6-9(8)11(12,13)14/h3-6H,7,15H2,1-2H3. The Balaban J connectivity index is 3.08. The molecule has 0 aromatic heterocycles. The molecule has 15 heavy (non-hydrogen) atoms. The van der Waals surface area contributed by atoms with Crippen LogP contribution in [0.3, 0.4) is 0 Å². The summed E-state index contributed by atoms with van der Waals surface area (Å²) < 4.78 is 37.7. The maximum absolute atomic E-state index is 12.6. The normalized spacial score (nSPS) is 12.9. The van der Waals surface area contributed by atoms with Crippen molar-refractivity contribution >= 4 is 0 Å². The Labute approximate surface area is 87.1 Å². The van der Waals surface area contributed by atoms with Crippen LogP contribution in [0.15, 0.2) is 24.3 Å². The van der Waals surface area contributed by atoms with Crippen LogP contribution in [0.1, 0.15) is 25.0 Å². The third-order valence-electron chi connectivity index (χ3n) is 1.97. The van der Waals surface area contributed by atoms with Gasteiger partial charge in [-0.1, -0.05) is 18.2 Å². The maximum Gasteiger partial charge on any atom is 0.416 e. The van der Waals surface area contributed by atoms with Gasteiger partial charge in [-0.25, -0.2) is 0 Å². The van der Waals surface area contributed by atoms with E-state index in [4.69, 9.17) is 5.73 Å². The first-order chi connectivity index (χ1) is 6.70. The van der Waals surface area contributed by atoms with Gasteiger partial charge in [0.1, 0.15) is 0 Å². The van der Waals surface area contributed by atoms with Crippen molar-refractivity contribution < 1.29 is 13.2 Å². The molecule has 0 heterocycles. The maximum atomic E-state index is 12.6. The third kappa shape index (κ3) is 3.55. The monoisotopic (exact) mass is 217 g/mol. The lowest BCUT2D eigenvalue weighted by atomic mass is 9.93. The van der Waals surface area contributed by atoms with E-state index in [-0.39, 0.29) is 12.0 Å². The van der Waals surface area contributed by atoms with Gasteiger partial charge in [0, 0.05) is 5.54 Å². The Morgan fingerprint density at radius 3 is 2.13 bits per heavy atom. The summed E-state index contributed by atoms with van der Waals surface area (Å²) >= 11 is 0. The van der Waals surface area contributed by atoms with Crippen LogP contribution in [0.2, 0.25) is 0 Å². The van der Waals surface area contributed by atoms with Crippen LogP contribution in [-0.2, 0) is 12.6 Å². The third-order valence-corrected chi connectivity index (χ3v) is 1.97. The van der Waals surface area contributed by atoms with E-state index in [0.29, 0.717) is 0 Å². The van der Waals surface area contributed by atoms with Gasteiger partial charge < -0.3 is 5.73 Å². The zero-order valence-electron chi connectivity index (χ0n) is 8.73.